The highest BCUT2D eigenvalue weighted by Gasteiger charge is 2.13. The Hall–Kier alpha value is -2.54. The van der Waals surface area contributed by atoms with Crippen LogP contribution in [0.15, 0.2) is 24.3 Å². The predicted octanol–water partition coefficient (Wildman–Crippen LogP) is 2.51. The number of carbonyl (C=O) groups excluding carboxylic acids is 1. The lowest BCUT2D eigenvalue weighted by Gasteiger charge is -2.06. The average molecular weight is 303 g/mol. The van der Waals surface area contributed by atoms with Crippen molar-refractivity contribution < 1.29 is 14.7 Å². The molecule has 1 aromatic heterocycles. The predicted molar refractivity (Wildman–Crippen MR) is 80.4 cm³/mol. The number of benzene rings is 1. The molecule has 2 N–H and O–H groups in total. The van der Waals surface area contributed by atoms with Gasteiger partial charge in [0.15, 0.2) is 0 Å². The number of carboxylic acids is 1. The third-order valence-corrected chi connectivity index (χ3v) is 3.46. The summed E-state index contributed by atoms with van der Waals surface area (Å²) in [6, 6.07) is 5.34. The number of hydrogen-bond donors (Lipinski definition) is 2. The van der Waals surface area contributed by atoms with E-state index < -0.39 is 5.97 Å². The first kappa shape index (κ1) is 14.9. The molecule has 108 valence electrons. The number of hydrogen-bond acceptors (Lipinski definition) is 5. The standard InChI is InChI=1S/C14H13N3O3S/c1-8-5-10(3-4-12(18)19)7-11(6-8)15-14(20)13-9(2)16-17-21-13/h3-7H,1-2H3,(H,15,20)(H,18,19)/b4-3+. The highest BCUT2D eigenvalue weighted by molar-refractivity contribution is 7.08. The molecule has 1 aromatic carbocycles. The van der Waals surface area contributed by atoms with Crippen molar-refractivity contribution in [2.45, 2.75) is 13.8 Å². The maximum Gasteiger partial charge on any atom is 0.328 e. The van der Waals surface area contributed by atoms with Crippen LogP contribution in [0.1, 0.15) is 26.5 Å². The molecule has 21 heavy (non-hydrogen) atoms. The van der Waals surface area contributed by atoms with Gasteiger partial charge in [-0.05, 0) is 54.7 Å². The van der Waals surface area contributed by atoms with Gasteiger partial charge < -0.3 is 10.4 Å². The van der Waals surface area contributed by atoms with Gasteiger partial charge in [0.2, 0.25) is 0 Å². The molecule has 0 saturated heterocycles. The summed E-state index contributed by atoms with van der Waals surface area (Å²) in [6.07, 6.45) is 2.53. The molecular formula is C14H13N3O3S. The second kappa shape index (κ2) is 6.27. The summed E-state index contributed by atoms with van der Waals surface area (Å²) in [7, 11) is 0. The molecule has 0 spiro atoms. The van der Waals surface area contributed by atoms with Crippen LogP contribution >= 0.6 is 11.5 Å². The topological polar surface area (TPSA) is 92.2 Å². The number of nitrogens with one attached hydrogen (secondary N) is 1. The summed E-state index contributed by atoms with van der Waals surface area (Å²) >= 11 is 1.03. The van der Waals surface area contributed by atoms with Gasteiger partial charge in [-0.2, -0.15) is 0 Å². The van der Waals surface area contributed by atoms with E-state index in [1.54, 1.807) is 19.1 Å². The molecule has 0 aliphatic rings. The molecular weight excluding hydrogens is 290 g/mol. The second-order valence-electron chi connectivity index (χ2n) is 4.45. The van der Waals surface area contributed by atoms with Gasteiger partial charge in [-0.25, -0.2) is 4.79 Å². The minimum absolute atomic E-state index is 0.277. The fourth-order valence-corrected chi connectivity index (χ4v) is 2.33. The first-order valence-corrected chi connectivity index (χ1v) is 6.86. The van der Waals surface area contributed by atoms with E-state index >= 15 is 0 Å². The van der Waals surface area contributed by atoms with E-state index in [4.69, 9.17) is 5.11 Å². The Kier molecular flexibility index (Phi) is 4.44. The van der Waals surface area contributed by atoms with Gasteiger partial charge in [0, 0.05) is 11.8 Å². The van der Waals surface area contributed by atoms with E-state index in [0.29, 0.717) is 21.8 Å². The average Bonchev–Trinajstić information content (AvgIpc) is 2.82. The minimum Gasteiger partial charge on any atom is -0.478 e. The van der Waals surface area contributed by atoms with E-state index in [1.165, 1.54) is 6.08 Å². The molecule has 0 bridgehead atoms. The van der Waals surface area contributed by atoms with Crippen molar-refractivity contribution in [2.75, 3.05) is 5.32 Å². The van der Waals surface area contributed by atoms with Crippen molar-refractivity contribution in [3.63, 3.8) is 0 Å². The molecule has 0 radical (unpaired) electrons. The van der Waals surface area contributed by atoms with E-state index in [-0.39, 0.29) is 5.91 Å². The number of anilines is 1. The van der Waals surface area contributed by atoms with Crippen LogP contribution in [0.2, 0.25) is 0 Å². The molecule has 0 unspecified atom stereocenters. The zero-order chi connectivity index (χ0) is 15.4. The summed E-state index contributed by atoms with van der Waals surface area (Å²) in [5.41, 5.74) is 2.79. The Bertz CT molecular complexity index is 722. The quantitative estimate of drug-likeness (QED) is 0.847. The normalized spacial score (nSPS) is 10.8. The number of carboxylic acid groups (broad SMARTS) is 1. The highest BCUT2D eigenvalue weighted by atomic mass is 32.1. The van der Waals surface area contributed by atoms with Crippen LogP contribution in [0.5, 0.6) is 0 Å². The van der Waals surface area contributed by atoms with Gasteiger partial charge in [-0.15, -0.1) is 5.10 Å². The van der Waals surface area contributed by atoms with Crippen molar-refractivity contribution in [3.05, 3.63) is 46.0 Å². The largest absolute Gasteiger partial charge is 0.478 e. The molecule has 0 aliphatic carbocycles. The Morgan fingerprint density at radius 3 is 2.67 bits per heavy atom. The van der Waals surface area contributed by atoms with Crippen molar-refractivity contribution in [1.82, 2.24) is 9.59 Å². The summed E-state index contributed by atoms with van der Waals surface area (Å²) in [5.74, 6) is -1.30. The van der Waals surface area contributed by atoms with Crippen LogP contribution in [0.25, 0.3) is 6.08 Å². The molecule has 2 rings (SSSR count). The fraction of sp³-hybridized carbons (Fsp3) is 0.143. The Morgan fingerprint density at radius 2 is 2.05 bits per heavy atom. The van der Waals surface area contributed by atoms with Gasteiger partial charge in [0.1, 0.15) is 4.88 Å². The molecule has 0 saturated carbocycles. The number of nitrogens with zero attached hydrogens (tertiary/aromatic N) is 2. The number of aliphatic carboxylic acids is 1. The van der Waals surface area contributed by atoms with E-state index in [0.717, 1.165) is 23.2 Å². The Labute approximate surface area is 125 Å². The van der Waals surface area contributed by atoms with Gasteiger partial charge in [-0.3, -0.25) is 4.79 Å². The number of aromatic nitrogens is 2. The van der Waals surface area contributed by atoms with E-state index in [2.05, 4.69) is 14.9 Å². The number of aryl methyl sites for hydroxylation is 2. The first-order chi connectivity index (χ1) is 9.95. The third-order valence-electron chi connectivity index (χ3n) is 2.63. The second-order valence-corrected chi connectivity index (χ2v) is 5.20. The lowest BCUT2D eigenvalue weighted by molar-refractivity contribution is -0.131. The fourth-order valence-electron chi connectivity index (χ4n) is 1.78. The highest BCUT2D eigenvalue weighted by Crippen LogP contribution is 2.18. The molecule has 6 nitrogen and oxygen atoms in total. The van der Waals surface area contributed by atoms with Gasteiger partial charge in [0.25, 0.3) is 5.91 Å². The SMILES string of the molecule is Cc1cc(/C=C/C(=O)O)cc(NC(=O)c2snnc2C)c1. The Balaban J connectivity index is 2.22. The van der Waals surface area contributed by atoms with Crippen LogP contribution in [-0.2, 0) is 4.79 Å². The molecule has 7 heteroatoms. The van der Waals surface area contributed by atoms with Gasteiger partial charge in [0.05, 0.1) is 5.69 Å². The molecule has 1 amide bonds. The zero-order valence-electron chi connectivity index (χ0n) is 11.5. The summed E-state index contributed by atoms with van der Waals surface area (Å²) < 4.78 is 3.72. The molecule has 0 fully saturated rings. The minimum atomic E-state index is -1.02. The van der Waals surface area contributed by atoms with Crippen molar-refractivity contribution in [1.29, 1.82) is 0 Å². The van der Waals surface area contributed by atoms with Crippen LogP contribution < -0.4 is 5.32 Å². The van der Waals surface area contributed by atoms with Crippen molar-refractivity contribution in [2.24, 2.45) is 0 Å². The Morgan fingerprint density at radius 1 is 1.29 bits per heavy atom. The van der Waals surface area contributed by atoms with Crippen molar-refractivity contribution >= 4 is 35.2 Å². The maximum atomic E-state index is 12.1. The lowest BCUT2D eigenvalue weighted by atomic mass is 10.1. The van der Waals surface area contributed by atoms with Crippen molar-refractivity contribution in [3.8, 4) is 0 Å². The molecule has 0 atom stereocenters. The van der Waals surface area contributed by atoms with Crippen LogP contribution in [0.3, 0.4) is 0 Å². The maximum absolute atomic E-state index is 12.1. The first-order valence-electron chi connectivity index (χ1n) is 6.08. The molecule has 1 heterocycles. The monoisotopic (exact) mass is 303 g/mol. The molecule has 0 aliphatic heterocycles. The molecule has 2 aromatic rings. The number of amides is 1. The van der Waals surface area contributed by atoms with E-state index in [9.17, 15) is 9.59 Å². The smallest absolute Gasteiger partial charge is 0.328 e. The third kappa shape index (κ3) is 3.96. The zero-order valence-corrected chi connectivity index (χ0v) is 12.3. The number of rotatable bonds is 4. The van der Waals surface area contributed by atoms with Gasteiger partial charge in [-0.1, -0.05) is 10.6 Å². The van der Waals surface area contributed by atoms with Crippen LogP contribution in [-0.4, -0.2) is 26.6 Å². The summed E-state index contributed by atoms with van der Waals surface area (Å²) in [4.78, 5) is 23.1. The van der Waals surface area contributed by atoms with Crippen LogP contribution in [0, 0.1) is 13.8 Å². The summed E-state index contributed by atoms with van der Waals surface area (Å²) in [6.45, 7) is 3.59. The number of carbonyl (C=O) groups is 2. The van der Waals surface area contributed by atoms with Gasteiger partial charge >= 0.3 is 5.97 Å². The van der Waals surface area contributed by atoms with Crippen LogP contribution in [0.4, 0.5) is 5.69 Å². The van der Waals surface area contributed by atoms with E-state index in [1.807, 2.05) is 13.0 Å². The summed E-state index contributed by atoms with van der Waals surface area (Å²) in [5, 5.41) is 15.2. The lowest BCUT2D eigenvalue weighted by Crippen LogP contribution is -2.11.